The Labute approximate surface area is 228 Å². The molecule has 1 heterocycles. The molecular formula is C32H45FO5. The van der Waals surface area contributed by atoms with Gasteiger partial charge in [-0.15, -0.1) is 0 Å². The summed E-state index contributed by atoms with van der Waals surface area (Å²) in [6, 6.07) is 11.2. The van der Waals surface area contributed by atoms with Gasteiger partial charge in [-0.2, -0.15) is 0 Å². The number of carbonyl (C=O) groups excluding carboxylic acids is 1. The zero-order valence-electron chi connectivity index (χ0n) is 23.2. The van der Waals surface area contributed by atoms with E-state index in [0.29, 0.717) is 37.1 Å². The zero-order valence-corrected chi connectivity index (χ0v) is 23.2. The smallest absolute Gasteiger partial charge is 0.343 e. The lowest BCUT2D eigenvalue weighted by Gasteiger charge is -2.30. The molecule has 0 unspecified atom stereocenters. The zero-order chi connectivity index (χ0) is 27.0. The maximum atomic E-state index is 14.9. The maximum absolute atomic E-state index is 14.9. The van der Waals surface area contributed by atoms with E-state index in [1.165, 1.54) is 63.9 Å². The van der Waals surface area contributed by atoms with Crippen LogP contribution in [0.2, 0.25) is 0 Å². The predicted octanol–water partition coefficient (Wildman–Crippen LogP) is 8.81. The molecule has 2 aromatic rings. The van der Waals surface area contributed by atoms with Crippen molar-refractivity contribution >= 4 is 5.97 Å². The number of esters is 1. The third kappa shape index (κ3) is 10.4. The monoisotopic (exact) mass is 528 g/mol. The van der Waals surface area contributed by atoms with Gasteiger partial charge < -0.3 is 18.9 Å². The molecule has 3 rings (SSSR count). The lowest BCUT2D eigenvalue weighted by Crippen LogP contribution is -2.27. The molecule has 0 spiro atoms. The molecule has 2 aromatic carbocycles. The number of rotatable bonds is 17. The summed E-state index contributed by atoms with van der Waals surface area (Å²) in [4.78, 5) is 12.6. The third-order valence-electron chi connectivity index (χ3n) is 6.97. The van der Waals surface area contributed by atoms with Crippen LogP contribution in [0, 0.1) is 11.7 Å². The maximum Gasteiger partial charge on any atom is 0.343 e. The summed E-state index contributed by atoms with van der Waals surface area (Å²) in [5.74, 6) is 0.292. The van der Waals surface area contributed by atoms with Crippen molar-refractivity contribution in [1.82, 2.24) is 0 Å². The van der Waals surface area contributed by atoms with Crippen LogP contribution in [-0.4, -0.2) is 25.8 Å². The van der Waals surface area contributed by atoms with E-state index in [2.05, 4.69) is 13.8 Å². The molecule has 210 valence electrons. The van der Waals surface area contributed by atoms with E-state index in [-0.39, 0.29) is 5.56 Å². The minimum atomic E-state index is -0.750. The van der Waals surface area contributed by atoms with Gasteiger partial charge in [0, 0.05) is 11.5 Å². The summed E-state index contributed by atoms with van der Waals surface area (Å²) in [6.07, 6.45) is 13.8. The van der Waals surface area contributed by atoms with Gasteiger partial charge in [-0.1, -0.05) is 84.1 Å². The summed E-state index contributed by atoms with van der Waals surface area (Å²) >= 11 is 0. The Bertz CT molecular complexity index is 937. The Kier molecular flexibility index (Phi) is 13.6. The second-order valence-corrected chi connectivity index (χ2v) is 10.3. The molecule has 38 heavy (non-hydrogen) atoms. The van der Waals surface area contributed by atoms with Crippen LogP contribution in [0.3, 0.4) is 0 Å². The summed E-state index contributed by atoms with van der Waals surface area (Å²) < 4.78 is 37.7. The van der Waals surface area contributed by atoms with E-state index in [1.54, 1.807) is 36.4 Å². The van der Waals surface area contributed by atoms with Crippen molar-refractivity contribution in [3.8, 4) is 11.5 Å². The van der Waals surface area contributed by atoms with Gasteiger partial charge in [-0.25, -0.2) is 9.18 Å². The van der Waals surface area contributed by atoms with Gasteiger partial charge in [0.15, 0.2) is 6.29 Å². The standard InChI is InChI=1S/C32H45FO5/c1-3-5-7-9-10-11-12-14-25-23-36-32(37-24-25)29-20-15-26(22-30(29)33)31(34)38-28-18-16-27(17-19-28)35-21-13-8-6-4-2/h15-20,22,25,32H,3-14,21,23-24H2,1-2H3. The first-order valence-corrected chi connectivity index (χ1v) is 14.6. The number of halogens is 1. The fraction of sp³-hybridized carbons (Fsp3) is 0.594. The van der Waals surface area contributed by atoms with Gasteiger partial charge in [-0.3, -0.25) is 0 Å². The molecule has 1 fully saturated rings. The molecule has 5 nitrogen and oxygen atoms in total. The summed E-state index contributed by atoms with van der Waals surface area (Å²) in [5.41, 5.74) is 0.437. The van der Waals surface area contributed by atoms with E-state index < -0.39 is 18.1 Å². The van der Waals surface area contributed by atoms with Crippen LogP contribution in [0.4, 0.5) is 4.39 Å². The largest absolute Gasteiger partial charge is 0.494 e. The molecule has 1 aliphatic heterocycles. The molecule has 6 heteroatoms. The fourth-order valence-corrected chi connectivity index (χ4v) is 4.61. The van der Waals surface area contributed by atoms with Gasteiger partial charge in [0.1, 0.15) is 17.3 Å². The summed E-state index contributed by atoms with van der Waals surface area (Å²) in [7, 11) is 0. The average molecular weight is 529 g/mol. The van der Waals surface area contributed by atoms with E-state index >= 15 is 0 Å². The van der Waals surface area contributed by atoms with Crippen molar-refractivity contribution in [3.63, 3.8) is 0 Å². The molecule has 0 saturated carbocycles. The van der Waals surface area contributed by atoms with E-state index in [9.17, 15) is 9.18 Å². The van der Waals surface area contributed by atoms with Gasteiger partial charge >= 0.3 is 5.97 Å². The van der Waals surface area contributed by atoms with Crippen molar-refractivity contribution in [3.05, 3.63) is 59.4 Å². The number of hydrogen-bond donors (Lipinski definition) is 0. The minimum Gasteiger partial charge on any atom is -0.494 e. The molecule has 0 aliphatic carbocycles. The molecule has 0 radical (unpaired) electrons. The van der Waals surface area contributed by atoms with Gasteiger partial charge in [0.05, 0.1) is 25.4 Å². The molecule has 0 amide bonds. The van der Waals surface area contributed by atoms with Gasteiger partial charge in [0.25, 0.3) is 0 Å². The second kappa shape index (κ2) is 17.2. The van der Waals surface area contributed by atoms with Crippen LogP contribution in [0.5, 0.6) is 11.5 Å². The Hall–Kier alpha value is -2.44. The van der Waals surface area contributed by atoms with Crippen molar-refractivity contribution in [1.29, 1.82) is 0 Å². The number of unbranched alkanes of at least 4 members (excludes halogenated alkanes) is 9. The van der Waals surface area contributed by atoms with Crippen molar-refractivity contribution in [2.24, 2.45) is 5.92 Å². The highest BCUT2D eigenvalue weighted by molar-refractivity contribution is 5.91. The van der Waals surface area contributed by atoms with Gasteiger partial charge in [0.2, 0.25) is 0 Å². The quantitative estimate of drug-likeness (QED) is 0.117. The van der Waals surface area contributed by atoms with Crippen molar-refractivity contribution in [2.45, 2.75) is 97.2 Å². The van der Waals surface area contributed by atoms with Crippen LogP contribution in [0.25, 0.3) is 0 Å². The van der Waals surface area contributed by atoms with Crippen molar-refractivity contribution in [2.75, 3.05) is 19.8 Å². The highest BCUT2D eigenvalue weighted by Gasteiger charge is 2.26. The lowest BCUT2D eigenvalue weighted by atomic mass is 10.0. The van der Waals surface area contributed by atoms with Crippen LogP contribution in [0.15, 0.2) is 42.5 Å². The molecule has 0 aromatic heterocycles. The lowest BCUT2D eigenvalue weighted by molar-refractivity contribution is -0.207. The minimum absolute atomic E-state index is 0.134. The van der Waals surface area contributed by atoms with E-state index in [0.717, 1.165) is 25.0 Å². The summed E-state index contributed by atoms with van der Waals surface area (Å²) in [5, 5.41) is 0. The number of ether oxygens (including phenoxy) is 4. The van der Waals surface area contributed by atoms with E-state index in [1.807, 2.05) is 0 Å². The number of benzene rings is 2. The Morgan fingerprint density at radius 1 is 0.816 bits per heavy atom. The molecule has 1 saturated heterocycles. The second-order valence-electron chi connectivity index (χ2n) is 10.3. The first kappa shape index (κ1) is 30.1. The highest BCUT2D eigenvalue weighted by atomic mass is 19.1. The topological polar surface area (TPSA) is 54.0 Å². The van der Waals surface area contributed by atoms with Crippen molar-refractivity contribution < 1.29 is 28.1 Å². The van der Waals surface area contributed by atoms with Crippen LogP contribution < -0.4 is 9.47 Å². The third-order valence-corrected chi connectivity index (χ3v) is 6.97. The molecule has 0 N–H and O–H groups in total. The summed E-state index contributed by atoms with van der Waals surface area (Å²) in [6.45, 7) is 6.19. The molecule has 0 bridgehead atoms. The predicted molar refractivity (Wildman–Crippen MR) is 148 cm³/mol. The van der Waals surface area contributed by atoms with E-state index in [4.69, 9.17) is 18.9 Å². The number of carbonyl (C=O) groups is 1. The first-order chi connectivity index (χ1) is 18.6. The fourth-order valence-electron chi connectivity index (χ4n) is 4.61. The molecule has 1 aliphatic rings. The molecule has 0 atom stereocenters. The van der Waals surface area contributed by atoms with Crippen LogP contribution in [-0.2, 0) is 9.47 Å². The SMILES string of the molecule is CCCCCCCCCC1COC(c2ccc(C(=O)Oc3ccc(OCCCCCC)cc3)cc2F)OC1. The van der Waals surface area contributed by atoms with Crippen LogP contribution in [0.1, 0.15) is 113 Å². The Balaban J connectivity index is 1.40. The van der Waals surface area contributed by atoms with Crippen LogP contribution >= 0.6 is 0 Å². The highest BCUT2D eigenvalue weighted by Crippen LogP contribution is 2.30. The number of hydrogen-bond acceptors (Lipinski definition) is 5. The molecular weight excluding hydrogens is 483 g/mol. The Morgan fingerprint density at radius 2 is 1.42 bits per heavy atom. The normalized spacial score (nSPS) is 17.3. The average Bonchev–Trinajstić information content (AvgIpc) is 2.94. The first-order valence-electron chi connectivity index (χ1n) is 14.6. The van der Waals surface area contributed by atoms with Gasteiger partial charge in [-0.05, 0) is 49.2 Å². The Morgan fingerprint density at radius 3 is 2.08 bits per heavy atom.